The minimum Gasteiger partial charge on any atom is -0.418 e. The van der Waals surface area contributed by atoms with E-state index in [1.165, 1.54) is 4.90 Å². The smallest absolute Gasteiger partial charge is 0.326 e. The normalized spacial score (nSPS) is 24.4. The second-order valence-corrected chi connectivity index (χ2v) is 24.5. The lowest BCUT2D eigenvalue weighted by molar-refractivity contribution is -0.153. The van der Waals surface area contributed by atoms with Gasteiger partial charge in [0.15, 0.2) is 25.0 Å². The third-order valence-corrected chi connectivity index (χ3v) is 8.06. The van der Waals surface area contributed by atoms with Crippen LogP contribution in [-0.4, -0.2) is 86.6 Å². The third kappa shape index (κ3) is 7.59. The van der Waals surface area contributed by atoms with Crippen LogP contribution in [0.1, 0.15) is 6.42 Å². The standard InChI is InChI=1S/C19H42N2O5Si3/c1-20-16(14-25-28(6,7)8)19(15-26-29(9,10)11,12-13-24-27(3,4)5)17(22)21(2)18(20)23/h16H,12-15H2,1-11H3. The number of hydrogen-bond acceptors (Lipinski definition) is 5. The van der Waals surface area contributed by atoms with Crippen molar-refractivity contribution in [3.05, 3.63) is 0 Å². The van der Waals surface area contributed by atoms with Gasteiger partial charge in [0, 0.05) is 20.7 Å². The molecule has 0 radical (unpaired) electrons. The molecule has 1 saturated heterocycles. The molecule has 1 aliphatic heterocycles. The van der Waals surface area contributed by atoms with Crippen LogP contribution in [0.15, 0.2) is 0 Å². The van der Waals surface area contributed by atoms with E-state index >= 15 is 0 Å². The molecule has 0 spiro atoms. The lowest BCUT2D eigenvalue weighted by atomic mass is 9.75. The van der Waals surface area contributed by atoms with Crippen LogP contribution in [-0.2, 0) is 18.1 Å². The van der Waals surface area contributed by atoms with Crippen molar-refractivity contribution in [3.63, 3.8) is 0 Å². The predicted octanol–water partition coefficient (Wildman–Crippen LogP) is 3.81. The molecule has 10 heteroatoms. The van der Waals surface area contributed by atoms with Gasteiger partial charge in [0.1, 0.15) is 0 Å². The van der Waals surface area contributed by atoms with Gasteiger partial charge in [-0.25, -0.2) is 4.79 Å². The molecule has 1 aliphatic rings. The summed E-state index contributed by atoms with van der Waals surface area (Å²) in [5, 5.41) is 0. The number of likely N-dealkylation sites (N-methyl/N-ethyl adjacent to an activating group) is 1. The highest BCUT2D eigenvalue weighted by molar-refractivity contribution is 6.70. The van der Waals surface area contributed by atoms with Gasteiger partial charge in [-0.3, -0.25) is 9.69 Å². The average Bonchev–Trinajstić information content (AvgIpc) is 2.52. The Morgan fingerprint density at radius 2 is 1.31 bits per heavy atom. The van der Waals surface area contributed by atoms with E-state index < -0.39 is 30.4 Å². The van der Waals surface area contributed by atoms with E-state index in [9.17, 15) is 9.59 Å². The monoisotopic (exact) mass is 462 g/mol. The molecule has 0 bridgehead atoms. The summed E-state index contributed by atoms with van der Waals surface area (Å²) in [5.74, 6) is -0.192. The van der Waals surface area contributed by atoms with Gasteiger partial charge in [0.05, 0.1) is 24.7 Å². The van der Waals surface area contributed by atoms with E-state index in [-0.39, 0.29) is 24.6 Å². The second-order valence-electron chi connectivity index (χ2n) is 11.0. The van der Waals surface area contributed by atoms with Crippen LogP contribution in [0.4, 0.5) is 4.79 Å². The Labute approximate surface area is 180 Å². The molecule has 170 valence electrons. The van der Waals surface area contributed by atoms with Crippen LogP contribution in [0.3, 0.4) is 0 Å². The number of amides is 3. The van der Waals surface area contributed by atoms with Crippen LogP contribution >= 0.6 is 0 Å². The van der Waals surface area contributed by atoms with Gasteiger partial charge in [-0.2, -0.15) is 0 Å². The van der Waals surface area contributed by atoms with Crippen LogP contribution in [0, 0.1) is 5.41 Å². The number of carbonyl (C=O) groups excluding carboxylic acids is 2. The number of urea groups is 1. The maximum absolute atomic E-state index is 13.5. The van der Waals surface area contributed by atoms with Gasteiger partial charge in [0.2, 0.25) is 5.91 Å². The topological polar surface area (TPSA) is 68.3 Å². The zero-order valence-electron chi connectivity index (χ0n) is 20.3. The summed E-state index contributed by atoms with van der Waals surface area (Å²) < 4.78 is 18.6. The van der Waals surface area contributed by atoms with Gasteiger partial charge in [-0.05, 0) is 65.3 Å². The molecule has 2 unspecified atom stereocenters. The fraction of sp³-hybridized carbons (Fsp3) is 0.895. The summed E-state index contributed by atoms with van der Waals surface area (Å²) in [6, 6.07) is -0.680. The van der Waals surface area contributed by atoms with Gasteiger partial charge in [0.25, 0.3) is 0 Å². The molecule has 0 saturated carbocycles. The van der Waals surface area contributed by atoms with Crippen LogP contribution in [0.5, 0.6) is 0 Å². The Balaban J connectivity index is 3.33. The zero-order valence-corrected chi connectivity index (χ0v) is 23.3. The first kappa shape index (κ1) is 26.5. The number of hydrogen-bond donors (Lipinski definition) is 0. The Bertz CT molecular complexity index is 598. The van der Waals surface area contributed by atoms with Crippen LogP contribution < -0.4 is 0 Å². The number of nitrogens with zero attached hydrogens (tertiary/aromatic N) is 2. The molecule has 3 amide bonds. The molecule has 1 fully saturated rings. The fourth-order valence-corrected chi connectivity index (χ4v) is 5.36. The number of imide groups is 1. The van der Waals surface area contributed by atoms with E-state index in [1.807, 2.05) is 0 Å². The molecule has 0 aromatic carbocycles. The Morgan fingerprint density at radius 3 is 1.76 bits per heavy atom. The zero-order chi connectivity index (χ0) is 22.8. The lowest BCUT2D eigenvalue weighted by Crippen LogP contribution is -2.69. The molecule has 0 aliphatic carbocycles. The van der Waals surface area contributed by atoms with Crippen molar-refractivity contribution < 1.29 is 22.9 Å². The highest BCUT2D eigenvalue weighted by atomic mass is 28.4. The maximum atomic E-state index is 13.5. The summed E-state index contributed by atoms with van der Waals surface area (Å²) in [5.41, 5.74) is -0.878. The van der Waals surface area contributed by atoms with E-state index in [0.29, 0.717) is 19.6 Å². The van der Waals surface area contributed by atoms with Gasteiger partial charge in [-0.15, -0.1) is 0 Å². The quantitative estimate of drug-likeness (QED) is 0.462. The van der Waals surface area contributed by atoms with Gasteiger partial charge < -0.3 is 18.2 Å². The fourth-order valence-electron chi connectivity index (χ4n) is 3.29. The van der Waals surface area contributed by atoms with Crippen molar-refractivity contribution in [3.8, 4) is 0 Å². The highest BCUT2D eigenvalue weighted by Crippen LogP contribution is 2.38. The van der Waals surface area contributed by atoms with E-state index in [4.69, 9.17) is 13.3 Å². The van der Waals surface area contributed by atoms with Gasteiger partial charge in [-0.1, -0.05) is 0 Å². The molecule has 7 nitrogen and oxygen atoms in total. The van der Waals surface area contributed by atoms with Crippen molar-refractivity contribution in [2.24, 2.45) is 5.41 Å². The SMILES string of the molecule is CN1C(=O)N(C)C(CO[Si](C)(C)C)C(CCO[Si](C)(C)C)(CO[Si](C)(C)C)C1=O. The van der Waals surface area contributed by atoms with Crippen molar-refractivity contribution in [1.82, 2.24) is 9.80 Å². The Morgan fingerprint density at radius 1 is 0.828 bits per heavy atom. The number of rotatable bonds is 10. The first-order valence-electron chi connectivity index (χ1n) is 10.4. The first-order valence-corrected chi connectivity index (χ1v) is 20.6. The van der Waals surface area contributed by atoms with E-state index in [2.05, 4.69) is 58.9 Å². The average molecular weight is 463 g/mol. The summed E-state index contributed by atoms with van der Waals surface area (Å²) >= 11 is 0. The second kappa shape index (κ2) is 9.31. The van der Waals surface area contributed by atoms with E-state index in [0.717, 1.165) is 0 Å². The maximum Gasteiger partial charge on any atom is 0.326 e. The van der Waals surface area contributed by atoms with Crippen molar-refractivity contribution in [1.29, 1.82) is 0 Å². The number of carbonyl (C=O) groups is 2. The molecular formula is C19H42N2O5Si3. The summed E-state index contributed by atoms with van der Waals surface area (Å²) in [6.45, 7) is 20.1. The van der Waals surface area contributed by atoms with Crippen molar-refractivity contribution in [2.75, 3.05) is 33.9 Å². The molecule has 1 heterocycles. The highest BCUT2D eigenvalue weighted by Gasteiger charge is 2.56. The molecule has 29 heavy (non-hydrogen) atoms. The first-order chi connectivity index (χ1) is 12.9. The Hall–Kier alpha value is -0.529. The minimum absolute atomic E-state index is 0.192. The molecule has 2 atom stereocenters. The van der Waals surface area contributed by atoms with Crippen molar-refractivity contribution in [2.45, 2.75) is 71.4 Å². The molecule has 0 N–H and O–H groups in total. The molecular weight excluding hydrogens is 420 g/mol. The van der Waals surface area contributed by atoms with E-state index in [1.54, 1.807) is 19.0 Å². The lowest BCUT2D eigenvalue weighted by Gasteiger charge is -2.51. The summed E-state index contributed by atoms with van der Waals surface area (Å²) in [7, 11) is -2.14. The largest absolute Gasteiger partial charge is 0.418 e. The van der Waals surface area contributed by atoms with Gasteiger partial charge >= 0.3 is 6.03 Å². The molecule has 0 aromatic heterocycles. The molecule has 1 rings (SSSR count). The molecule has 0 aromatic rings. The minimum atomic E-state index is -1.88. The predicted molar refractivity (Wildman–Crippen MR) is 125 cm³/mol. The summed E-state index contributed by atoms with van der Waals surface area (Å²) in [4.78, 5) is 29.1. The third-order valence-electron chi connectivity index (χ3n) is 4.94. The van der Waals surface area contributed by atoms with Crippen LogP contribution in [0.2, 0.25) is 58.9 Å². The summed E-state index contributed by atoms with van der Waals surface area (Å²) in [6.07, 6.45) is 0.502. The van der Waals surface area contributed by atoms with Crippen molar-refractivity contribution >= 4 is 36.9 Å². The Kier molecular flexibility index (Phi) is 8.51. The van der Waals surface area contributed by atoms with Crippen LogP contribution in [0.25, 0.3) is 0 Å².